The quantitative estimate of drug-likeness (QED) is 0.838. The molecule has 1 saturated carbocycles. The van der Waals surface area contributed by atoms with Gasteiger partial charge in [0.25, 0.3) is 0 Å². The van der Waals surface area contributed by atoms with Gasteiger partial charge >= 0.3 is 6.09 Å². The van der Waals surface area contributed by atoms with Crippen molar-refractivity contribution in [2.45, 2.75) is 38.5 Å². The third-order valence-electron chi connectivity index (χ3n) is 3.17. The summed E-state index contributed by atoms with van der Waals surface area (Å²) in [5.74, 6) is 0. The lowest BCUT2D eigenvalue weighted by Crippen LogP contribution is -2.52. The number of amides is 1. The summed E-state index contributed by atoms with van der Waals surface area (Å²) in [6.07, 6.45) is 1.67. The molecule has 0 heterocycles. The van der Waals surface area contributed by atoms with Gasteiger partial charge in [0, 0.05) is 12.1 Å². The van der Waals surface area contributed by atoms with Gasteiger partial charge < -0.3 is 15.4 Å². The Morgan fingerprint density at radius 3 is 2.67 bits per heavy atom. The third-order valence-corrected chi connectivity index (χ3v) is 3.17. The summed E-state index contributed by atoms with van der Waals surface area (Å²) in [6.45, 7) is 3.40. The molecule has 0 saturated heterocycles. The van der Waals surface area contributed by atoms with Crippen LogP contribution in [-0.4, -0.2) is 24.7 Å². The molecule has 1 aromatic carbocycles. The van der Waals surface area contributed by atoms with Gasteiger partial charge in [-0.05, 0) is 24.9 Å². The number of rotatable bonds is 5. The van der Waals surface area contributed by atoms with Gasteiger partial charge in [-0.1, -0.05) is 37.3 Å². The van der Waals surface area contributed by atoms with E-state index < -0.39 is 0 Å². The molecule has 0 aromatic heterocycles. The molecule has 0 unspecified atom stereocenters. The predicted molar refractivity (Wildman–Crippen MR) is 70.2 cm³/mol. The van der Waals surface area contributed by atoms with Crippen molar-refractivity contribution < 1.29 is 9.53 Å². The van der Waals surface area contributed by atoms with Crippen molar-refractivity contribution in [1.82, 2.24) is 10.6 Å². The highest BCUT2D eigenvalue weighted by Gasteiger charge is 2.29. The maximum absolute atomic E-state index is 11.5. The van der Waals surface area contributed by atoms with Gasteiger partial charge in [0.1, 0.15) is 6.61 Å². The predicted octanol–water partition coefficient (Wildman–Crippen LogP) is 2.05. The monoisotopic (exact) mass is 248 g/mol. The van der Waals surface area contributed by atoms with Crippen LogP contribution in [0.15, 0.2) is 30.3 Å². The van der Waals surface area contributed by atoms with Crippen LogP contribution >= 0.6 is 0 Å². The lowest BCUT2D eigenvalue weighted by Gasteiger charge is -2.35. The van der Waals surface area contributed by atoms with Crippen molar-refractivity contribution in [1.29, 1.82) is 0 Å². The first-order valence-electron chi connectivity index (χ1n) is 6.48. The summed E-state index contributed by atoms with van der Waals surface area (Å²) in [5, 5.41) is 6.22. The maximum Gasteiger partial charge on any atom is 0.407 e. The SMILES string of the molecule is CCNC1CC(NC(=O)OCc2ccccc2)C1. The van der Waals surface area contributed by atoms with Crippen LogP contribution in [0, 0.1) is 0 Å². The third kappa shape index (κ3) is 3.74. The molecule has 0 aliphatic heterocycles. The molecule has 18 heavy (non-hydrogen) atoms. The molecule has 0 atom stereocenters. The maximum atomic E-state index is 11.5. The molecule has 1 aliphatic rings. The van der Waals surface area contributed by atoms with Crippen molar-refractivity contribution in [3.05, 3.63) is 35.9 Å². The molecule has 0 bridgehead atoms. The Kier molecular flexibility index (Phi) is 4.59. The van der Waals surface area contributed by atoms with E-state index in [1.165, 1.54) is 0 Å². The van der Waals surface area contributed by atoms with Crippen molar-refractivity contribution in [2.24, 2.45) is 0 Å². The number of hydrogen-bond acceptors (Lipinski definition) is 3. The highest BCUT2D eigenvalue weighted by atomic mass is 16.5. The lowest BCUT2D eigenvalue weighted by atomic mass is 9.87. The number of benzene rings is 1. The number of carbonyl (C=O) groups excluding carboxylic acids is 1. The second kappa shape index (κ2) is 6.40. The van der Waals surface area contributed by atoms with E-state index in [0.717, 1.165) is 24.9 Å². The van der Waals surface area contributed by atoms with E-state index in [1.54, 1.807) is 0 Å². The number of hydrogen-bond donors (Lipinski definition) is 2. The van der Waals surface area contributed by atoms with Crippen molar-refractivity contribution in [3.63, 3.8) is 0 Å². The van der Waals surface area contributed by atoms with E-state index in [2.05, 4.69) is 17.6 Å². The van der Waals surface area contributed by atoms with Crippen LogP contribution in [0.4, 0.5) is 4.79 Å². The molecule has 2 N–H and O–H groups in total. The van der Waals surface area contributed by atoms with Crippen molar-refractivity contribution >= 4 is 6.09 Å². The van der Waals surface area contributed by atoms with Gasteiger partial charge in [-0.15, -0.1) is 0 Å². The van der Waals surface area contributed by atoms with Crippen LogP contribution in [0.2, 0.25) is 0 Å². The standard InChI is InChI=1S/C14H20N2O2/c1-2-15-12-8-13(9-12)16-14(17)18-10-11-6-4-3-5-7-11/h3-7,12-13,15H,2,8-10H2,1H3,(H,16,17). The molecule has 4 heteroatoms. The zero-order valence-electron chi connectivity index (χ0n) is 10.7. The van der Waals surface area contributed by atoms with Crippen LogP contribution in [0.3, 0.4) is 0 Å². The zero-order chi connectivity index (χ0) is 12.8. The zero-order valence-corrected chi connectivity index (χ0v) is 10.7. The van der Waals surface area contributed by atoms with Gasteiger partial charge in [0.2, 0.25) is 0 Å². The Morgan fingerprint density at radius 2 is 2.00 bits per heavy atom. The summed E-state index contributed by atoms with van der Waals surface area (Å²) in [6, 6.07) is 10.5. The lowest BCUT2D eigenvalue weighted by molar-refractivity contribution is 0.125. The molecular formula is C14H20N2O2. The summed E-state index contributed by atoms with van der Waals surface area (Å²) < 4.78 is 5.16. The molecule has 0 radical (unpaired) electrons. The number of alkyl carbamates (subject to hydrolysis) is 1. The Balaban J connectivity index is 1.62. The molecule has 4 nitrogen and oxygen atoms in total. The molecule has 1 amide bonds. The smallest absolute Gasteiger partial charge is 0.407 e. The van der Waals surface area contributed by atoms with Gasteiger partial charge in [0.15, 0.2) is 0 Å². The molecule has 2 rings (SSSR count). The van der Waals surface area contributed by atoms with Crippen LogP contribution in [0.25, 0.3) is 0 Å². The number of ether oxygens (including phenoxy) is 1. The summed E-state index contributed by atoms with van der Waals surface area (Å²) in [5.41, 5.74) is 1.01. The molecule has 1 aliphatic carbocycles. The van der Waals surface area contributed by atoms with E-state index >= 15 is 0 Å². The highest BCUT2D eigenvalue weighted by Crippen LogP contribution is 2.19. The van der Waals surface area contributed by atoms with Gasteiger partial charge in [-0.2, -0.15) is 0 Å². The molecule has 98 valence electrons. The summed E-state index contributed by atoms with van der Waals surface area (Å²) >= 11 is 0. The molecule has 1 aromatic rings. The summed E-state index contributed by atoms with van der Waals surface area (Å²) in [7, 11) is 0. The van der Waals surface area contributed by atoms with Gasteiger partial charge in [-0.25, -0.2) is 4.79 Å². The minimum Gasteiger partial charge on any atom is -0.445 e. The van der Waals surface area contributed by atoms with Gasteiger partial charge in [-0.3, -0.25) is 0 Å². The minimum atomic E-state index is -0.321. The number of carbonyl (C=O) groups is 1. The molecular weight excluding hydrogens is 228 g/mol. The van der Waals surface area contributed by atoms with Gasteiger partial charge in [0.05, 0.1) is 0 Å². The molecule has 1 fully saturated rings. The topological polar surface area (TPSA) is 50.4 Å². The first-order valence-corrected chi connectivity index (χ1v) is 6.48. The fourth-order valence-corrected chi connectivity index (χ4v) is 2.12. The normalized spacial score (nSPS) is 22.1. The second-order valence-electron chi connectivity index (χ2n) is 4.63. The first kappa shape index (κ1) is 12.9. The Morgan fingerprint density at radius 1 is 1.28 bits per heavy atom. The average Bonchev–Trinajstić information content (AvgIpc) is 2.35. The Hall–Kier alpha value is -1.55. The fourth-order valence-electron chi connectivity index (χ4n) is 2.12. The fraction of sp³-hybridized carbons (Fsp3) is 0.500. The van der Waals surface area contributed by atoms with E-state index in [4.69, 9.17) is 4.74 Å². The van der Waals surface area contributed by atoms with Crippen molar-refractivity contribution in [2.75, 3.05) is 6.54 Å². The van der Waals surface area contributed by atoms with E-state index in [0.29, 0.717) is 12.6 Å². The first-order chi connectivity index (χ1) is 8.78. The Labute approximate surface area is 108 Å². The average molecular weight is 248 g/mol. The minimum absolute atomic E-state index is 0.261. The van der Waals surface area contributed by atoms with Crippen LogP contribution in [0.5, 0.6) is 0 Å². The Bertz CT molecular complexity index is 375. The van der Waals surface area contributed by atoms with Crippen molar-refractivity contribution in [3.8, 4) is 0 Å². The van der Waals surface area contributed by atoms with E-state index in [1.807, 2.05) is 30.3 Å². The second-order valence-corrected chi connectivity index (χ2v) is 4.63. The largest absolute Gasteiger partial charge is 0.445 e. The number of nitrogens with one attached hydrogen (secondary N) is 2. The molecule has 0 spiro atoms. The van der Waals surface area contributed by atoms with Crippen LogP contribution in [-0.2, 0) is 11.3 Å². The van der Waals surface area contributed by atoms with Crippen LogP contribution < -0.4 is 10.6 Å². The van der Waals surface area contributed by atoms with E-state index in [9.17, 15) is 4.79 Å². The highest BCUT2D eigenvalue weighted by molar-refractivity contribution is 5.67. The van der Waals surface area contributed by atoms with E-state index in [-0.39, 0.29) is 12.1 Å². The van der Waals surface area contributed by atoms with Crippen LogP contribution in [0.1, 0.15) is 25.3 Å². The summed E-state index contributed by atoms with van der Waals surface area (Å²) in [4.78, 5) is 11.5.